The summed E-state index contributed by atoms with van der Waals surface area (Å²) in [6.45, 7) is 16.8. The summed E-state index contributed by atoms with van der Waals surface area (Å²) in [4.78, 5) is 60.9. The van der Waals surface area contributed by atoms with Gasteiger partial charge >= 0.3 is 12.2 Å². The van der Waals surface area contributed by atoms with E-state index in [-0.39, 0.29) is 57.4 Å². The Labute approximate surface area is 448 Å². The zero-order chi connectivity index (χ0) is 51.1. The van der Waals surface area contributed by atoms with Crippen molar-refractivity contribution in [1.82, 2.24) is 21.3 Å². The van der Waals surface area contributed by atoms with Crippen molar-refractivity contribution in [3.05, 3.63) is 97.1 Å². The van der Waals surface area contributed by atoms with Crippen LogP contribution >= 0.6 is 70.6 Å². The summed E-state index contributed by atoms with van der Waals surface area (Å²) in [6.07, 6.45) is 7.14. The third-order valence-electron chi connectivity index (χ3n) is 12.6. The average molecular weight is 1080 g/mol. The first-order valence-electron chi connectivity index (χ1n) is 24.5. The van der Waals surface area contributed by atoms with Crippen LogP contribution in [0.15, 0.2) is 136 Å². The van der Waals surface area contributed by atoms with Gasteiger partial charge in [-0.15, -0.1) is 23.5 Å². The zero-order valence-corrected chi connectivity index (χ0v) is 47.4. The maximum Gasteiger partial charge on any atom is 0.407 e. The van der Waals surface area contributed by atoms with Crippen molar-refractivity contribution in [2.45, 2.75) is 151 Å². The van der Waals surface area contributed by atoms with Crippen LogP contribution in [0.2, 0.25) is 0 Å². The van der Waals surface area contributed by atoms with E-state index in [9.17, 15) is 19.2 Å². The van der Waals surface area contributed by atoms with E-state index in [4.69, 9.17) is 9.47 Å². The van der Waals surface area contributed by atoms with Gasteiger partial charge in [0, 0.05) is 64.3 Å². The van der Waals surface area contributed by atoms with E-state index in [0.717, 1.165) is 63.9 Å². The Morgan fingerprint density at radius 2 is 0.845 bits per heavy atom. The van der Waals surface area contributed by atoms with Crippen LogP contribution in [0.1, 0.15) is 99.8 Å². The Kier molecular flexibility index (Phi) is 21.3. The van der Waals surface area contributed by atoms with E-state index < -0.39 is 12.2 Å². The number of thioether (sulfide) groups is 4. The first-order chi connectivity index (χ1) is 33.8. The second-order valence-corrected chi connectivity index (χ2v) is 27.6. The van der Waals surface area contributed by atoms with Gasteiger partial charge in [-0.1, -0.05) is 72.0 Å². The molecule has 384 valence electrons. The van der Waals surface area contributed by atoms with Crippen molar-refractivity contribution in [2.75, 3.05) is 38.3 Å². The van der Waals surface area contributed by atoms with E-state index in [1.807, 2.05) is 48.2 Å². The van der Waals surface area contributed by atoms with Crippen molar-refractivity contribution in [2.24, 2.45) is 21.7 Å². The molecule has 71 heavy (non-hydrogen) atoms. The standard InChI is InChI=1S/C55H72N4O6S6/c1-9-67-41-14-18-43(19-15-41)69-45-22-26-47(27-23-45)71-51(63)57-37-55(7)33-39(31-53(4,5)35-55)59-49(61)65-29-11-10-28-64-48(60)58-38-30-52(2,3)34-54(6,32-38)36-56-50(62)70-46-24-20-44(21-25-46)68-42-16-12-40(66-8)13-17-42/h12-27,38-39H,9-11,28-37H2,1-8H3,(H,56,62)(H,57,63)(H,58,60)(H,59,61). The number of ether oxygens (including phenoxy) is 2. The lowest BCUT2D eigenvalue weighted by molar-refractivity contribution is 0.0641. The molecule has 0 aliphatic heterocycles. The van der Waals surface area contributed by atoms with Crippen molar-refractivity contribution < 1.29 is 28.7 Å². The second kappa shape index (κ2) is 26.6. The van der Waals surface area contributed by atoms with E-state index >= 15 is 0 Å². The van der Waals surface area contributed by atoms with Gasteiger partial charge in [0.25, 0.3) is 10.5 Å². The summed E-state index contributed by atoms with van der Waals surface area (Å²) in [5.74, 6) is 1.05. The Hall–Kier alpha value is -3.54. The lowest BCUT2D eigenvalue weighted by Gasteiger charge is -2.46. The minimum absolute atomic E-state index is 0.0413. The Morgan fingerprint density at radius 3 is 1.20 bits per heavy atom. The van der Waals surface area contributed by atoms with Crippen LogP contribution in [-0.4, -0.2) is 73.1 Å². The van der Waals surface area contributed by atoms with Crippen molar-refractivity contribution >= 4 is 93.2 Å². The highest BCUT2D eigenvalue weighted by atomic mass is 32.2. The molecule has 4 unspecified atom stereocenters. The number of unbranched alkanes of at least 4 members (excludes halogenated alkanes) is 1. The van der Waals surface area contributed by atoms with Gasteiger partial charge in [0.05, 0.1) is 13.2 Å². The predicted octanol–water partition coefficient (Wildman–Crippen LogP) is 15.5. The van der Waals surface area contributed by atoms with E-state index in [0.29, 0.717) is 25.9 Å². The smallest absolute Gasteiger partial charge is 0.407 e. The molecule has 2 aliphatic rings. The van der Waals surface area contributed by atoms with Crippen LogP contribution in [-0.2, 0) is 9.47 Å². The fourth-order valence-corrected chi connectivity index (χ4v) is 14.4. The van der Waals surface area contributed by atoms with Gasteiger partial charge in [-0.3, -0.25) is 9.59 Å². The van der Waals surface area contributed by atoms with Crippen LogP contribution in [0.4, 0.5) is 19.2 Å². The zero-order valence-electron chi connectivity index (χ0n) is 42.5. The van der Waals surface area contributed by atoms with E-state index in [1.165, 1.54) is 43.1 Å². The van der Waals surface area contributed by atoms with E-state index in [1.54, 1.807) is 35.3 Å². The molecule has 10 nitrogen and oxygen atoms in total. The summed E-state index contributed by atoms with van der Waals surface area (Å²) in [5.41, 5.74) is -0.507. The second-order valence-electron chi connectivity index (χ2n) is 21.0. The fourth-order valence-electron chi connectivity index (χ4n) is 10.4. The average Bonchev–Trinajstić information content (AvgIpc) is 3.30. The lowest BCUT2D eigenvalue weighted by Crippen LogP contribution is -2.50. The lowest BCUT2D eigenvalue weighted by atomic mass is 9.62. The molecule has 0 saturated heterocycles. The van der Waals surface area contributed by atoms with Gasteiger partial charge in [0.15, 0.2) is 0 Å². The number of carbonyl (C=O) groups excluding carboxylic acids is 4. The number of amides is 4. The van der Waals surface area contributed by atoms with Crippen molar-refractivity contribution in [3.63, 3.8) is 0 Å². The normalized spacial score (nSPS) is 21.4. The van der Waals surface area contributed by atoms with Gasteiger partial charge in [-0.2, -0.15) is 0 Å². The number of benzene rings is 4. The predicted molar refractivity (Wildman–Crippen MR) is 298 cm³/mol. The maximum absolute atomic E-state index is 13.1. The maximum atomic E-state index is 13.1. The number of hydrogen-bond acceptors (Lipinski definition) is 12. The SMILES string of the molecule is CCSc1ccc(Sc2ccc(SC(=O)NCC3(C)CC(NC(=O)OCCCCOC(=O)NC4CC(C)(C)CC(C)(CNC(=O)Sc5ccc(Sc6ccc(SC)cc6)cc5)C4)CC(C)(C)C3)cc2)cc1. The number of rotatable bonds is 20. The van der Waals surface area contributed by atoms with Crippen LogP contribution < -0.4 is 21.3 Å². The van der Waals surface area contributed by atoms with Crippen LogP contribution in [0.3, 0.4) is 0 Å². The highest BCUT2D eigenvalue weighted by Crippen LogP contribution is 2.47. The summed E-state index contributed by atoms with van der Waals surface area (Å²) >= 11 is 9.35. The highest BCUT2D eigenvalue weighted by Gasteiger charge is 2.43. The fraction of sp³-hybridized carbons (Fsp3) is 0.491. The Bertz CT molecular complexity index is 2370. The molecule has 0 bridgehead atoms. The van der Waals surface area contributed by atoms with Crippen molar-refractivity contribution in [1.29, 1.82) is 0 Å². The number of hydrogen-bond donors (Lipinski definition) is 4. The highest BCUT2D eigenvalue weighted by molar-refractivity contribution is 8.13. The molecule has 4 aromatic carbocycles. The van der Waals surface area contributed by atoms with Crippen LogP contribution in [0.5, 0.6) is 0 Å². The largest absolute Gasteiger partial charge is 0.450 e. The first-order valence-corrected chi connectivity index (χ1v) is 30.0. The minimum Gasteiger partial charge on any atom is -0.450 e. The summed E-state index contributed by atoms with van der Waals surface area (Å²) in [7, 11) is 0. The van der Waals surface area contributed by atoms with E-state index in [2.05, 4.69) is 137 Å². The molecule has 2 saturated carbocycles. The molecular formula is C55H72N4O6S6. The molecule has 4 amide bonds. The molecule has 6 rings (SSSR count). The molecule has 4 atom stereocenters. The molecule has 0 heterocycles. The quantitative estimate of drug-likeness (QED) is 0.0496. The summed E-state index contributed by atoms with van der Waals surface area (Å²) < 4.78 is 11.1. The molecule has 0 aromatic heterocycles. The molecule has 0 radical (unpaired) electrons. The molecule has 2 aliphatic carbocycles. The van der Waals surface area contributed by atoms with Gasteiger partial charge < -0.3 is 30.7 Å². The first kappa shape index (κ1) is 56.8. The Morgan fingerprint density at radius 1 is 0.507 bits per heavy atom. The third kappa shape index (κ3) is 19.7. The van der Waals surface area contributed by atoms with Crippen LogP contribution in [0, 0.1) is 21.7 Å². The molecule has 16 heteroatoms. The van der Waals surface area contributed by atoms with Gasteiger partial charge in [-0.25, -0.2) is 9.59 Å². The Balaban J connectivity index is 0.842. The minimum atomic E-state index is -0.461. The topological polar surface area (TPSA) is 135 Å². The number of carbonyl (C=O) groups is 4. The van der Waals surface area contributed by atoms with Gasteiger partial charge in [0.1, 0.15) is 0 Å². The van der Waals surface area contributed by atoms with Gasteiger partial charge in [0.2, 0.25) is 0 Å². The molecular weight excluding hydrogens is 1010 g/mol. The number of alkyl carbamates (subject to hydrolysis) is 2. The molecule has 2 fully saturated rings. The molecule has 4 aromatic rings. The van der Waals surface area contributed by atoms with Gasteiger partial charge in [-0.05, 0) is 206 Å². The molecule has 4 N–H and O–H groups in total. The van der Waals surface area contributed by atoms with Crippen molar-refractivity contribution in [3.8, 4) is 0 Å². The van der Waals surface area contributed by atoms with Crippen LogP contribution in [0.25, 0.3) is 0 Å². The monoisotopic (exact) mass is 1080 g/mol. The number of nitrogens with one attached hydrogen (secondary N) is 4. The summed E-state index contributed by atoms with van der Waals surface area (Å²) in [5, 5.41) is 12.3. The molecule has 0 spiro atoms. The summed E-state index contributed by atoms with van der Waals surface area (Å²) in [6, 6.07) is 33.1. The third-order valence-corrected chi connectivity index (χ3v) is 17.9.